The number of amides is 2. The Bertz CT molecular complexity index is 801. The van der Waals surface area contributed by atoms with Gasteiger partial charge in [0.1, 0.15) is 0 Å². The van der Waals surface area contributed by atoms with E-state index in [2.05, 4.69) is 5.32 Å². The molecule has 1 N–H and O–H groups in total. The van der Waals surface area contributed by atoms with Crippen molar-refractivity contribution in [3.63, 3.8) is 0 Å². The average Bonchev–Trinajstić information content (AvgIpc) is 3.23. The van der Waals surface area contributed by atoms with Gasteiger partial charge in [-0.2, -0.15) is 0 Å². The zero-order valence-corrected chi connectivity index (χ0v) is 13.0. The summed E-state index contributed by atoms with van der Waals surface area (Å²) in [5.74, 6) is 1.21. The van der Waals surface area contributed by atoms with E-state index in [1.807, 2.05) is 0 Å². The van der Waals surface area contributed by atoms with Gasteiger partial charge in [-0.15, -0.1) is 0 Å². The Hall–Kier alpha value is -3.02. The van der Waals surface area contributed by atoms with Crippen molar-refractivity contribution in [2.75, 3.05) is 23.6 Å². The Balaban J connectivity index is 1.47. The van der Waals surface area contributed by atoms with Gasteiger partial charge in [0.2, 0.25) is 12.7 Å². The van der Waals surface area contributed by atoms with Crippen LogP contribution < -0.4 is 19.7 Å². The number of carbonyl (C=O) groups excluding carboxylic acids is 2. The van der Waals surface area contributed by atoms with Gasteiger partial charge < -0.3 is 19.7 Å². The largest absolute Gasteiger partial charge is 0.454 e. The number of nitrogens with one attached hydrogen (secondary N) is 1. The molecule has 2 aromatic rings. The van der Waals surface area contributed by atoms with Gasteiger partial charge in [-0.3, -0.25) is 9.59 Å². The van der Waals surface area contributed by atoms with E-state index in [-0.39, 0.29) is 18.6 Å². The van der Waals surface area contributed by atoms with E-state index >= 15 is 0 Å². The second kappa shape index (κ2) is 5.88. The summed E-state index contributed by atoms with van der Waals surface area (Å²) in [6.07, 6.45) is 1.47. The van der Waals surface area contributed by atoms with Gasteiger partial charge in [0.25, 0.3) is 5.91 Å². The summed E-state index contributed by atoms with van der Waals surface area (Å²) in [5, 5.41) is 2.83. The highest BCUT2D eigenvalue weighted by Crippen LogP contribution is 2.34. The first-order valence-electron chi connectivity index (χ1n) is 7.82. The van der Waals surface area contributed by atoms with Crippen molar-refractivity contribution in [3.8, 4) is 11.5 Å². The lowest BCUT2D eigenvalue weighted by molar-refractivity contribution is -0.117. The van der Waals surface area contributed by atoms with Crippen molar-refractivity contribution in [3.05, 3.63) is 48.0 Å². The first kappa shape index (κ1) is 14.6. The minimum atomic E-state index is -0.215. The van der Waals surface area contributed by atoms with E-state index in [0.29, 0.717) is 29.2 Å². The topological polar surface area (TPSA) is 67.9 Å². The molecule has 0 unspecified atom stereocenters. The van der Waals surface area contributed by atoms with E-state index < -0.39 is 0 Å². The standard InChI is InChI=1S/C18H16N2O4/c21-17-2-1-9-20(17)14-6-3-12(4-7-14)18(22)19-13-5-8-15-16(10-13)24-11-23-15/h3-8,10H,1-2,9,11H2,(H,19,22). The first-order valence-corrected chi connectivity index (χ1v) is 7.82. The van der Waals surface area contributed by atoms with Crippen LogP contribution in [0.1, 0.15) is 23.2 Å². The van der Waals surface area contributed by atoms with Crippen LogP contribution in [0.3, 0.4) is 0 Å². The zero-order chi connectivity index (χ0) is 16.5. The van der Waals surface area contributed by atoms with E-state index in [9.17, 15) is 9.59 Å². The fourth-order valence-corrected chi connectivity index (χ4v) is 2.89. The van der Waals surface area contributed by atoms with E-state index in [4.69, 9.17) is 9.47 Å². The summed E-state index contributed by atoms with van der Waals surface area (Å²) in [7, 11) is 0. The number of benzene rings is 2. The molecule has 2 heterocycles. The summed E-state index contributed by atoms with van der Waals surface area (Å²) in [6, 6.07) is 12.3. The fourth-order valence-electron chi connectivity index (χ4n) is 2.89. The molecule has 6 heteroatoms. The van der Waals surface area contributed by atoms with Crippen molar-refractivity contribution in [2.45, 2.75) is 12.8 Å². The molecular weight excluding hydrogens is 308 g/mol. The maximum atomic E-state index is 12.3. The Morgan fingerprint density at radius 1 is 1.04 bits per heavy atom. The van der Waals surface area contributed by atoms with Gasteiger partial charge in [-0.25, -0.2) is 0 Å². The molecule has 0 spiro atoms. The van der Waals surface area contributed by atoms with Crippen molar-refractivity contribution in [1.29, 1.82) is 0 Å². The quantitative estimate of drug-likeness (QED) is 0.943. The number of rotatable bonds is 3. The van der Waals surface area contributed by atoms with Crippen LogP contribution in [0, 0.1) is 0 Å². The molecule has 24 heavy (non-hydrogen) atoms. The molecule has 2 aliphatic heterocycles. The summed E-state index contributed by atoms with van der Waals surface area (Å²) >= 11 is 0. The Morgan fingerprint density at radius 2 is 1.83 bits per heavy atom. The lowest BCUT2D eigenvalue weighted by atomic mass is 10.1. The average molecular weight is 324 g/mol. The molecule has 2 aliphatic rings. The fraction of sp³-hybridized carbons (Fsp3) is 0.222. The number of hydrogen-bond acceptors (Lipinski definition) is 4. The Morgan fingerprint density at radius 3 is 2.58 bits per heavy atom. The second-order valence-corrected chi connectivity index (χ2v) is 5.72. The predicted molar refractivity (Wildman–Crippen MR) is 88.5 cm³/mol. The molecule has 0 radical (unpaired) electrons. The van der Waals surface area contributed by atoms with Crippen molar-refractivity contribution < 1.29 is 19.1 Å². The third kappa shape index (κ3) is 2.67. The van der Waals surface area contributed by atoms with Crippen LogP contribution in [0.25, 0.3) is 0 Å². The third-order valence-electron chi connectivity index (χ3n) is 4.15. The van der Waals surface area contributed by atoms with Crippen LogP contribution in [0.15, 0.2) is 42.5 Å². The number of ether oxygens (including phenoxy) is 2. The van der Waals surface area contributed by atoms with E-state index in [1.54, 1.807) is 47.4 Å². The highest BCUT2D eigenvalue weighted by molar-refractivity contribution is 6.05. The third-order valence-corrected chi connectivity index (χ3v) is 4.15. The van der Waals surface area contributed by atoms with Crippen LogP contribution in [0.4, 0.5) is 11.4 Å². The monoisotopic (exact) mass is 324 g/mol. The molecule has 122 valence electrons. The molecule has 0 atom stereocenters. The van der Waals surface area contributed by atoms with Gasteiger partial charge in [0, 0.05) is 36.0 Å². The van der Waals surface area contributed by atoms with Gasteiger partial charge in [-0.1, -0.05) is 0 Å². The minimum absolute atomic E-state index is 0.132. The molecule has 1 saturated heterocycles. The molecule has 1 fully saturated rings. The SMILES string of the molecule is O=C(Nc1ccc2c(c1)OCO2)c1ccc(N2CCCC2=O)cc1. The summed E-state index contributed by atoms with van der Waals surface area (Å²) in [5.41, 5.74) is 2.00. The van der Waals surface area contributed by atoms with Crippen LogP contribution in [-0.4, -0.2) is 25.2 Å². The van der Waals surface area contributed by atoms with Crippen molar-refractivity contribution in [1.82, 2.24) is 0 Å². The molecule has 0 aliphatic carbocycles. The maximum absolute atomic E-state index is 12.3. The minimum Gasteiger partial charge on any atom is -0.454 e. The molecule has 2 amide bonds. The van der Waals surface area contributed by atoms with Gasteiger partial charge in [0.15, 0.2) is 11.5 Å². The number of carbonyl (C=O) groups is 2. The molecule has 2 aromatic carbocycles. The first-order chi connectivity index (χ1) is 11.7. The number of nitrogens with zero attached hydrogens (tertiary/aromatic N) is 1. The van der Waals surface area contributed by atoms with Gasteiger partial charge in [-0.05, 0) is 42.8 Å². The van der Waals surface area contributed by atoms with E-state index in [0.717, 1.165) is 18.7 Å². The lowest BCUT2D eigenvalue weighted by Crippen LogP contribution is -2.23. The molecular formula is C18H16N2O4. The zero-order valence-electron chi connectivity index (χ0n) is 13.0. The summed E-state index contributed by atoms with van der Waals surface area (Å²) in [4.78, 5) is 25.8. The van der Waals surface area contributed by atoms with Crippen molar-refractivity contribution in [2.24, 2.45) is 0 Å². The Labute approximate surface area is 139 Å². The lowest BCUT2D eigenvalue weighted by Gasteiger charge is -2.15. The normalized spacial score (nSPS) is 15.7. The molecule has 0 aromatic heterocycles. The van der Waals surface area contributed by atoms with Crippen LogP contribution in [-0.2, 0) is 4.79 Å². The number of fused-ring (bicyclic) bond motifs is 1. The van der Waals surface area contributed by atoms with Crippen LogP contribution in [0.2, 0.25) is 0 Å². The van der Waals surface area contributed by atoms with Gasteiger partial charge >= 0.3 is 0 Å². The summed E-state index contributed by atoms with van der Waals surface area (Å²) in [6.45, 7) is 0.936. The molecule has 6 nitrogen and oxygen atoms in total. The van der Waals surface area contributed by atoms with Crippen LogP contribution in [0.5, 0.6) is 11.5 Å². The van der Waals surface area contributed by atoms with Gasteiger partial charge in [0.05, 0.1) is 0 Å². The van der Waals surface area contributed by atoms with E-state index in [1.165, 1.54) is 0 Å². The highest BCUT2D eigenvalue weighted by atomic mass is 16.7. The Kier molecular flexibility index (Phi) is 3.57. The number of hydrogen-bond donors (Lipinski definition) is 1. The molecule has 0 bridgehead atoms. The second-order valence-electron chi connectivity index (χ2n) is 5.72. The predicted octanol–water partition coefficient (Wildman–Crippen LogP) is 2.79. The highest BCUT2D eigenvalue weighted by Gasteiger charge is 2.21. The van der Waals surface area contributed by atoms with Crippen LogP contribution >= 0.6 is 0 Å². The maximum Gasteiger partial charge on any atom is 0.255 e. The van der Waals surface area contributed by atoms with Crippen molar-refractivity contribution >= 4 is 23.2 Å². The summed E-state index contributed by atoms with van der Waals surface area (Å²) < 4.78 is 10.5. The number of anilines is 2. The smallest absolute Gasteiger partial charge is 0.255 e. The molecule has 0 saturated carbocycles. The molecule has 4 rings (SSSR count).